The molecule has 6 nitrogen and oxygen atoms in total. The number of thioether (sulfide) groups is 1. The Morgan fingerprint density at radius 3 is 2.64 bits per heavy atom. The summed E-state index contributed by atoms with van der Waals surface area (Å²) in [4.78, 5) is 12.5. The molecular weight excluding hydrogens is 381 g/mol. The number of nitrogens with one attached hydrogen (secondary N) is 1. The number of aromatic nitrogens is 2. The van der Waals surface area contributed by atoms with Crippen molar-refractivity contribution in [1.29, 1.82) is 0 Å². The van der Waals surface area contributed by atoms with E-state index < -0.39 is 11.9 Å². The Morgan fingerprint density at radius 2 is 1.93 bits per heavy atom. The van der Waals surface area contributed by atoms with Crippen molar-refractivity contribution in [2.75, 3.05) is 0 Å². The summed E-state index contributed by atoms with van der Waals surface area (Å²) in [6, 6.07) is 6.40. The van der Waals surface area contributed by atoms with Crippen molar-refractivity contribution in [3.63, 3.8) is 0 Å². The second-order valence-corrected chi connectivity index (χ2v) is 8.35. The molecule has 2 atom stereocenters. The van der Waals surface area contributed by atoms with Crippen LogP contribution >= 0.6 is 11.8 Å². The molecule has 1 N–H and O–H groups in total. The zero-order valence-corrected chi connectivity index (χ0v) is 17.0. The minimum atomic E-state index is -0.603. The number of para-hydroxylation sites is 1. The fraction of sp³-hybridized carbons (Fsp3) is 0.550. The molecule has 1 aromatic carbocycles. The van der Waals surface area contributed by atoms with Gasteiger partial charge in [-0.05, 0) is 38.8 Å². The molecule has 0 aliphatic heterocycles. The van der Waals surface area contributed by atoms with E-state index in [1.165, 1.54) is 49.6 Å². The predicted molar refractivity (Wildman–Crippen MR) is 105 cm³/mol. The first kappa shape index (κ1) is 20.6. The highest BCUT2D eigenvalue weighted by molar-refractivity contribution is 8.00. The van der Waals surface area contributed by atoms with E-state index in [2.05, 4.69) is 15.5 Å². The molecule has 0 bridgehead atoms. The summed E-state index contributed by atoms with van der Waals surface area (Å²) in [5.41, 5.74) is 0. The van der Waals surface area contributed by atoms with Crippen LogP contribution in [0.4, 0.5) is 4.39 Å². The Hall–Kier alpha value is -2.09. The highest BCUT2D eigenvalue weighted by Crippen LogP contribution is 2.27. The molecule has 152 valence electrons. The van der Waals surface area contributed by atoms with Gasteiger partial charge < -0.3 is 14.5 Å². The lowest BCUT2D eigenvalue weighted by atomic mass is 10.1. The summed E-state index contributed by atoms with van der Waals surface area (Å²) < 4.78 is 24.9. The third-order valence-electron chi connectivity index (χ3n) is 4.76. The van der Waals surface area contributed by atoms with E-state index in [-0.39, 0.29) is 28.8 Å². The number of carbonyl (C=O) groups excluding carboxylic acids is 1. The number of nitrogens with zero attached hydrogens (tertiary/aromatic N) is 2. The Kier molecular flexibility index (Phi) is 7.30. The third-order valence-corrected chi connectivity index (χ3v) is 5.69. The number of benzene rings is 1. The van der Waals surface area contributed by atoms with E-state index in [0.717, 1.165) is 12.8 Å². The van der Waals surface area contributed by atoms with Crippen LogP contribution in [0.5, 0.6) is 5.75 Å². The van der Waals surface area contributed by atoms with Gasteiger partial charge in [0.05, 0.1) is 5.25 Å². The van der Waals surface area contributed by atoms with Crippen LogP contribution in [0.15, 0.2) is 33.9 Å². The minimum absolute atomic E-state index is 0.0210. The largest absolute Gasteiger partial charge is 0.478 e. The molecule has 3 rings (SSSR count). The van der Waals surface area contributed by atoms with Gasteiger partial charge in [0.15, 0.2) is 17.7 Å². The first-order chi connectivity index (χ1) is 13.5. The van der Waals surface area contributed by atoms with E-state index in [0.29, 0.717) is 5.22 Å². The maximum absolute atomic E-state index is 13.7. The SMILES string of the molecule is C[C@H](Oc1ccccc1F)c1nnc(S[C@H](C)C(=O)NC2CCCCCC2)o1. The molecule has 1 aliphatic rings. The average Bonchev–Trinajstić information content (AvgIpc) is 2.99. The van der Waals surface area contributed by atoms with Gasteiger partial charge in [-0.1, -0.05) is 49.6 Å². The molecule has 1 amide bonds. The van der Waals surface area contributed by atoms with Crippen LogP contribution in [-0.4, -0.2) is 27.4 Å². The van der Waals surface area contributed by atoms with Crippen LogP contribution in [0.1, 0.15) is 64.4 Å². The number of amides is 1. The highest BCUT2D eigenvalue weighted by atomic mass is 32.2. The van der Waals surface area contributed by atoms with Crippen molar-refractivity contribution in [3.05, 3.63) is 36.0 Å². The van der Waals surface area contributed by atoms with Gasteiger partial charge in [-0.15, -0.1) is 10.2 Å². The number of hydrogen-bond donors (Lipinski definition) is 1. The summed E-state index contributed by atoms with van der Waals surface area (Å²) in [5.74, 6) is -0.111. The summed E-state index contributed by atoms with van der Waals surface area (Å²) in [5, 5.41) is 11.0. The topological polar surface area (TPSA) is 77.2 Å². The molecule has 28 heavy (non-hydrogen) atoms. The van der Waals surface area contributed by atoms with E-state index in [9.17, 15) is 9.18 Å². The van der Waals surface area contributed by atoms with Gasteiger partial charge in [-0.25, -0.2) is 4.39 Å². The zero-order valence-electron chi connectivity index (χ0n) is 16.2. The van der Waals surface area contributed by atoms with Gasteiger partial charge in [-0.3, -0.25) is 4.79 Å². The minimum Gasteiger partial charge on any atom is -0.478 e. The van der Waals surface area contributed by atoms with E-state index in [4.69, 9.17) is 9.15 Å². The number of carbonyl (C=O) groups is 1. The van der Waals surface area contributed by atoms with E-state index >= 15 is 0 Å². The van der Waals surface area contributed by atoms with Crippen molar-refractivity contribution in [2.45, 2.75) is 75.0 Å². The summed E-state index contributed by atoms with van der Waals surface area (Å²) in [6.45, 7) is 3.52. The Labute approximate surface area is 168 Å². The van der Waals surface area contributed by atoms with Crippen LogP contribution in [0, 0.1) is 5.82 Å². The highest BCUT2D eigenvalue weighted by Gasteiger charge is 2.23. The number of ether oxygens (including phenoxy) is 1. The van der Waals surface area contributed by atoms with Crippen LogP contribution in [0.2, 0.25) is 0 Å². The fourth-order valence-corrected chi connectivity index (χ4v) is 3.86. The lowest BCUT2D eigenvalue weighted by Gasteiger charge is -2.18. The molecule has 0 radical (unpaired) electrons. The van der Waals surface area contributed by atoms with Crippen LogP contribution < -0.4 is 10.1 Å². The Balaban J connectivity index is 1.53. The molecule has 8 heteroatoms. The van der Waals surface area contributed by atoms with Gasteiger partial charge >= 0.3 is 0 Å². The van der Waals surface area contributed by atoms with Crippen LogP contribution in [0.25, 0.3) is 0 Å². The standard InChI is InChI=1S/C20H26FN3O3S/c1-13(26-17-12-8-7-11-16(17)21)19-23-24-20(27-19)28-14(2)18(25)22-15-9-5-3-4-6-10-15/h7-8,11-15H,3-6,9-10H2,1-2H3,(H,22,25)/t13-,14+/m0/s1. The molecule has 1 aromatic heterocycles. The maximum Gasteiger partial charge on any atom is 0.277 e. The maximum atomic E-state index is 13.7. The zero-order chi connectivity index (χ0) is 19.9. The Bertz CT molecular complexity index is 778. The molecule has 2 aromatic rings. The molecule has 1 saturated carbocycles. The molecule has 0 saturated heterocycles. The summed E-state index contributed by atoms with van der Waals surface area (Å²) >= 11 is 1.21. The molecule has 1 fully saturated rings. The second kappa shape index (κ2) is 9.91. The summed E-state index contributed by atoms with van der Waals surface area (Å²) in [6.07, 6.45) is 6.30. The van der Waals surface area contributed by atoms with Crippen molar-refractivity contribution in [1.82, 2.24) is 15.5 Å². The monoisotopic (exact) mass is 407 g/mol. The second-order valence-electron chi connectivity index (χ2n) is 7.05. The van der Waals surface area contributed by atoms with Crippen molar-refractivity contribution >= 4 is 17.7 Å². The van der Waals surface area contributed by atoms with E-state index in [1.54, 1.807) is 19.1 Å². The fourth-order valence-electron chi connectivity index (χ4n) is 3.16. The van der Waals surface area contributed by atoms with Gasteiger partial charge in [0.25, 0.3) is 11.1 Å². The molecule has 1 aliphatic carbocycles. The van der Waals surface area contributed by atoms with Gasteiger partial charge in [0.1, 0.15) is 0 Å². The quantitative estimate of drug-likeness (QED) is 0.531. The van der Waals surface area contributed by atoms with Gasteiger partial charge in [0, 0.05) is 6.04 Å². The molecular formula is C20H26FN3O3S. The smallest absolute Gasteiger partial charge is 0.277 e. The van der Waals surface area contributed by atoms with Crippen molar-refractivity contribution in [3.8, 4) is 5.75 Å². The number of halogens is 1. The third kappa shape index (κ3) is 5.70. The lowest BCUT2D eigenvalue weighted by molar-refractivity contribution is -0.121. The molecule has 0 spiro atoms. The normalized spacial score (nSPS) is 17.5. The number of hydrogen-bond acceptors (Lipinski definition) is 6. The number of rotatable bonds is 7. The van der Waals surface area contributed by atoms with Crippen molar-refractivity contribution < 1.29 is 18.3 Å². The van der Waals surface area contributed by atoms with Crippen LogP contribution in [-0.2, 0) is 4.79 Å². The molecule has 1 heterocycles. The molecule has 0 unspecified atom stereocenters. The van der Waals surface area contributed by atoms with Gasteiger partial charge in [-0.2, -0.15) is 0 Å². The van der Waals surface area contributed by atoms with Crippen LogP contribution in [0.3, 0.4) is 0 Å². The summed E-state index contributed by atoms with van der Waals surface area (Å²) in [7, 11) is 0. The van der Waals surface area contributed by atoms with Gasteiger partial charge in [0.2, 0.25) is 5.91 Å². The first-order valence-corrected chi connectivity index (χ1v) is 10.6. The first-order valence-electron chi connectivity index (χ1n) is 9.74. The predicted octanol–water partition coefficient (Wildman–Crippen LogP) is 4.67. The Morgan fingerprint density at radius 1 is 1.21 bits per heavy atom. The van der Waals surface area contributed by atoms with E-state index in [1.807, 2.05) is 6.92 Å². The average molecular weight is 408 g/mol. The van der Waals surface area contributed by atoms with Crippen molar-refractivity contribution in [2.24, 2.45) is 0 Å². The lowest BCUT2D eigenvalue weighted by Crippen LogP contribution is -2.39.